The molecule has 0 spiro atoms. The Kier molecular flexibility index (Phi) is 6.39. The lowest BCUT2D eigenvalue weighted by molar-refractivity contribution is -0.136. The fourth-order valence-electron chi connectivity index (χ4n) is 1.26. The van der Waals surface area contributed by atoms with Crippen molar-refractivity contribution in [2.24, 2.45) is 5.92 Å². The highest BCUT2D eigenvalue weighted by Crippen LogP contribution is 2.28. The van der Waals surface area contributed by atoms with Crippen molar-refractivity contribution in [3.05, 3.63) is 0 Å². The number of carboxylic acids is 1. The summed E-state index contributed by atoms with van der Waals surface area (Å²) >= 11 is 0. The van der Waals surface area contributed by atoms with E-state index in [0.29, 0.717) is 13.2 Å². The van der Waals surface area contributed by atoms with E-state index in [2.05, 4.69) is 10.6 Å². The lowest BCUT2D eigenvalue weighted by atomic mass is 10.4. The summed E-state index contributed by atoms with van der Waals surface area (Å²) in [7, 11) is 0. The molecule has 2 amide bonds. The number of carbonyl (C=O) groups is 2. The van der Waals surface area contributed by atoms with Crippen molar-refractivity contribution < 1.29 is 19.4 Å². The zero-order valence-electron chi connectivity index (χ0n) is 9.91. The summed E-state index contributed by atoms with van der Waals surface area (Å²) in [6.07, 6.45) is 3.28. The van der Waals surface area contributed by atoms with Crippen LogP contribution in [0.2, 0.25) is 0 Å². The lowest BCUT2D eigenvalue weighted by Crippen LogP contribution is -2.37. The van der Waals surface area contributed by atoms with Gasteiger partial charge in [-0.1, -0.05) is 0 Å². The van der Waals surface area contributed by atoms with Gasteiger partial charge in [-0.2, -0.15) is 0 Å². The minimum absolute atomic E-state index is 0.0576. The van der Waals surface area contributed by atoms with E-state index in [4.69, 9.17) is 9.84 Å². The van der Waals surface area contributed by atoms with E-state index in [9.17, 15) is 9.59 Å². The Morgan fingerprint density at radius 2 is 1.94 bits per heavy atom. The molecule has 1 fully saturated rings. The molecule has 98 valence electrons. The summed E-state index contributed by atoms with van der Waals surface area (Å²) in [6, 6.07) is -0.326. The zero-order valence-corrected chi connectivity index (χ0v) is 9.91. The SMILES string of the molecule is O=C(O)CCNC(=O)NCCCOCC1CC1. The molecule has 0 saturated heterocycles. The average molecular weight is 244 g/mol. The molecule has 0 bridgehead atoms. The first-order valence-electron chi connectivity index (χ1n) is 5.99. The number of nitrogens with one attached hydrogen (secondary N) is 2. The predicted octanol–water partition coefficient (Wildman–Crippen LogP) is 0.577. The number of carbonyl (C=O) groups excluding carboxylic acids is 1. The van der Waals surface area contributed by atoms with Gasteiger partial charge in [-0.05, 0) is 25.2 Å². The molecule has 1 saturated carbocycles. The van der Waals surface area contributed by atoms with E-state index in [1.807, 2.05) is 0 Å². The van der Waals surface area contributed by atoms with E-state index in [1.54, 1.807) is 0 Å². The van der Waals surface area contributed by atoms with Crippen molar-refractivity contribution in [2.75, 3.05) is 26.3 Å². The summed E-state index contributed by atoms with van der Waals surface area (Å²) in [6.45, 7) is 2.19. The number of amides is 2. The Hall–Kier alpha value is -1.30. The molecule has 6 nitrogen and oxygen atoms in total. The lowest BCUT2D eigenvalue weighted by Gasteiger charge is -2.06. The normalized spacial score (nSPS) is 14.4. The van der Waals surface area contributed by atoms with Gasteiger partial charge in [0.15, 0.2) is 0 Å². The monoisotopic (exact) mass is 244 g/mol. The third-order valence-corrected chi connectivity index (χ3v) is 2.43. The Morgan fingerprint density at radius 3 is 2.59 bits per heavy atom. The molecule has 0 radical (unpaired) electrons. The molecule has 0 unspecified atom stereocenters. The van der Waals surface area contributed by atoms with Crippen LogP contribution in [-0.4, -0.2) is 43.4 Å². The van der Waals surface area contributed by atoms with Gasteiger partial charge in [-0.15, -0.1) is 0 Å². The first-order chi connectivity index (χ1) is 8.18. The van der Waals surface area contributed by atoms with Gasteiger partial charge in [0.25, 0.3) is 0 Å². The van der Waals surface area contributed by atoms with Crippen LogP contribution >= 0.6 is 0 Å². The predicted molar refractivity (Wildman–Crippen MR) is 61.8 cm³/mol. The van der Waals surface area contributed by atoms with E-state index < -0.39 is 5.97 Å². The molecular weight excluding hydrogens is 224 g/mol. The third-order valence-electron chi connectivity index (χ3n) is 2.43. The second-order valence-corrected chi connectivity index (χ2v) is 4.20. The van der Waals surface area contributed by atoms with Crippen LogP contribution in [0.15, 0.2) is 0 Å². The molecule has 0 aliphatic heterocycles. The maximum atomic E-state index is 11.1. The summed E-state index contributed by atoms with van der Waals surface area (Å²) in [4.78, 5) is 21.3. The first-order valence-corrected chi connectivity index (χ1v) is 5.99. The zero-order chi connectivity index (χ0) is 12.5. The molecule has 1 rings (SSSR count). The van der Waals surface area contributed by atoms with Gasteiger partial charge in [0.05, 0.1) is 6.42 Å². The highest BCUT2D eigenvalue weighted by Gasteiger charge is 2.20. The molecule has 6 heteroatoms. The number of ether oxygens (including phenoxy) is 1. The number of urea groups is 1. The Morgan fingerprint density at radius 1 is 1.24 bits per heavy atom. The van der Waals surface area contributed by atoms with E-state index in [-0.39, 0.29) is 19.0 Å². The minimum atomic E-state index is -0.918. The van der Waals surface area contributed by atoms with Crippen LogP contribution in [0.4, 0.5) is 4.79 Å². The van der Waals surface area contributed by atoms with Gasteiger partial charge in [-0.25, -0.2) is 4.79 Å². The molecule has 3 N–H and O–H groups in total. The van der Waals surface area contributed by atoms with Crippen LogP contribution in [0.25, 0.3) is 0 Å². The van der Waals surface area contributed by atoms with Crippen molar-refractivity contribution in [3.8, 4) is 0 Å². The van der Waals surface area contributed by atoms with Crippen molar-refractivity contribution >= 4 is 12.0 Å². The van der Waals surface area contributed by atoms with Crippen molar-refractivity contribution in [1.29, 1.82) is 0 Å². The van der Waals surface area contributed by atoms with Crippen LogP contribution < -0.4 is 10.6 Å². The smallest absolute Gasteiger partial charge is 0.314 e. The number of rotatable bonds is 9. The molecule has 1 aliphatic carbocycles. The average Bonchev–Trinajstić information content (AvgIpc) is 3.06. The summed E-state index contributed by atoms with van der Waals surface area (Å²) < 4.78 is 5.40. The number of hydrogen-bond donors (Lipinski definition) is 3. The number of aliphatic carboxylic acids is 1. The summed E-state index contributed by atoms with van der Waals surface area (Å²) in [5, 5.41) is 13.5. The fourth-order valence-corrected chi connectivity index (χ4v) is 1.26. The molecule has 1 aliphatic rings. The number of hydrogen-bond acceptors (Lipinski definition) is 3. The van der Waals surface area contributed by atoms with E-state index in [0.717, 1.165) is 18.9 Å². The minimum Gasteiger partial charge on any atom is -0.481 e. The van der Waals surface area contributed by atoms with Gasteiger partial charge < -0.3 is 20.5 Å². The van der Waals surface area contributed by atoms with Crippen molar-refractivity contribution in [3.63, 3.8) is 0 Å². The second-order valence-electron chi connectivity index (χ2n) is 4.20. The van der Waals surface area contributed by atoms with Crippen LogP contribution in [-0.2, 0) is 9.53 Å². The molecule has 0 atom stereocenters. The Bertz CT molecular complexity index is 254. The van der Waals surface area contributed by atoms with E-state index >= 15 is 0 Å². The van der Waals surface area contributed by atoms with Crippen LogP contribution in [0.1, 0.15) is 25.7 Å². The molecule has 0 aromatic carbocycles. The maximum absolute atomic E-state index is 11.1. The summed E-state index contributed by atoms with van der Waals surface area (Å²) in [5.41, 5.74) is 0. The first kappa shape index (κ1) is 13.8. The topological polar surface area (TPSA) is 87.7 Å². The maximum Gasteiger partial charge on any atom is 0.314 e. The molecule has 0 aromatic heterocycles. The van der Waals surface area contributed by atoms with Crippen molar-refractivity contribution in [1.82, 2.24) is 10.6 Å². The quantitative estimate of drug-likeness (QED) is 0.518. The van der Waals surface area contributed by atoms with Crippen LogP contribution in [0.3, 0.4) is 0 Å². The van der Waals surface area contributed by atoms with Crippen molar-refractivity contribution in [2.45, 2.75) is 25.7 Å². The highest BCUT2D eigenvalue weighted by atomic mass is 16.5. The molecule has 0 aromatic rings. The Balaban J connectivity index is 1.80. The number of carboxylic acid groups (broad SMARTS) is 1. The van der Waals surface area contributed by atoms with Crippen LogP contribution in [0, 0.1) is 5.92 Å². The van der Waals surface area contributed by atoms with Gasteiger partial charge in [0.1, 0.15) is 0 Å². The van der Waals surface area contributed by atoms with Crippen LogP contribution in [0.5, 0.6) is 0 Å². The summed E-state index contributed by atoms with van der Waals surface area (Å²) in [5.74, 6) is -0.152. The van der Waals surface area contributed by atoms with Gasteiger partial charge in [-0.3, -0.25) is 4.79 Å². The third kappa shape index (κ3) is 8.50. The Labute approximate surface area is 101 Å². The standard InChI is InChI=1S/C11H20N2O4/c14-10(15)4-6-13-11(16)12-5-1-7-17-8-9-2-3-9/h9H,1-8H2,(H,14,15)(H2,12,13,16). The highest BCUT2D eigenvalue weighted by molar-refractivity contribution is 5.74. The molecule has 17 heavy (non-hydrogen) atoms. The van der Waals surface area contributed by atoms with E-state index in [1.165, 1.54) is 12.8 Å². The van der Waals surface area contributed by atoms with Gasteiger partial charge in [0, 0.05) is 26.3 Å². The fraction of sp³-hybridized carbons (Fsp3) is 0.818. The molecule has 0 heterocycles. The van der Waals surface area contributed by atoms with Gasteiger partial charge >= 0.3 is 12.0 Å². The molecular formula is C11H20N2O4. The largest absolute Gasteiger partial charge is 0.481 e. The second kappa shape index (κ2) is 7.89. The van der Waals surface area contributed by atoms with Gasteiger partial charge in [0.2, 0.25) is 0 Å².